The van der Waals surface area contributed by atoms with Crippen LogP contribution in [0.3, 0.4) is 0 Å². The van der Waals surface area contributed by atoms with Crippen molar-refractivity contribution in [3.05, 3.63) is 0 Å². The zero-order valence-electron chi connectivity index (χ0n) is 11.4. The van der Waals surface area contributed by atoms with Gasteiger partial charge in [-0.15, -0.1) is 12.3 Å². The van der Waals surface area contributed by atoms with Gasteiger partial charge in [0.15, 0.2) is 0 Å². The Morgan fingerprint density at radius 2 is 2.21 bits per heavy atom. The molecular weight excluding hydrogens is 266 g/mol. The Labute approximate surface area is 115 Å². The summed E-state index contributed by atoms with van der Waals surface area (Å²) < 4.78 is 31.9. The molecule has 0 aliphatic heterocycles. The number of hydrogen-bond donors (Lipinski definition) is 1. The first-order chi connectivity index (χ1) is 8.96. The minimum absolute atomic E-state index is 0.270. The standard InChI is InChI=1S/C13H21NO4S/c1-4-7-10(5-2)14-19(16,17)12-9-6-8-11(12)13(15)18-3/h1,10-12,14H,5-9H2,2-3H3. The van der Waals surface area contributed by atoms with E-state index in [-0.39, 0.29) is 6.04 Å². The van der Waals surface area contributed by atoms with Crippen LogP contribution in [0, 0.1) is 18.3 Å². The van der Waals surface area contributed by atoms with E-state index in [9.17, 15) is 13.2 Å². The van der Waals surface area contributed by atoms with Crippen molar-refractivity contribution in [3.63, 3.8) is 0 Å². The van der Waals surface area contributed by atoms with E-state index in [0.29, 0.717) is 25.7 Å². The molecule has 1 saturated carbocycles. The van der Waals surface area contributed by atoms with Crippen LogP contribution in [0.15, 0.2) is 0 Å². The first-order valence-electron chi connectivity index (χ1n) is 6.48. The van der Waals surface area contributed by atoms with Gasteiger partial charge in [-0.1, -0.05) is 13.3 Å². The molecule has 0 amide bonds. The normalized spacial score (nSPS) is 24.7. The topological polar surface area (TPSA) is 72.5 Å². The Morgan fingerprint density at radius 3 is 2.74 bits per heavy atom. The molecule has 1 N–H and O–H groups in total. The second kappa shape index (κ2) is 6.92. The van der Waals surface area contributed by atoms with Crippen LogP contribution in [0.5, 0.6) is 0 Å². The molecule has 0 saturated heterocycles. The maximum Gasteiger partial charge on any atom is 0.310 e. The van der Waals surface area contributed by atoms with Crippen LogP contribution in [0.1, 0.15) is 39.0 Å². The summed E-state index contributed by atoms with van der Waals surface area (Å²) in [5.74, 6) is 1.45. The smallest absolute Gasteiger partial charge is 0.310 e. The predicted molar refractivity (Wildman–Crippen MR) is 72.7 cm³/mol. The van der Waals surface area contributed by atoms with Crippen LogP contribution in [-0.2, 0) is 19.6 Å². The molecule has 5 nitrogen and oxygen atoms in total. The van der Waals surface area contributed by atoms with Gasteiger partial charge >= 0.3 is 5.97 Å². The van der Waals surface area contributed by atoms with Crippen molar-refractivity contribution in [1.29, 1.82) is 0 Å². The number of hydrogen-bond acceptors (Lipinski definition) is 4. The minimum atomic E-state index is -3.54. The Hall–Kier alpha value is -1.06. The van der Waals surface area contributed by atoms with Crippen LogP contribution < -0.4 is 4.72 Å². The summed E-state index contributed by atoms with van der Waals surface area (Å²) in [6.07, 6.45) is 7.96. The molecule has 3 atom stereocenters. The maximum absolute atomic E-state index is 12.3. The molecule has 0 aromatic carbocycles. The van der Waals surface area contributed by atoms with Crippen molar-refractivity contribution in [1.82, 2.24) is 4.72 Å². The monoisotopic (exact) mass is 287 g/mol. The van der Waals surface area contributed by atoms with Gasteiger partial charge in [-0.2, -0.15) is 0 Å². The summed E-state index contributed by atoms with van der Waals surface area (Å²) in [6, 6.07) is -0.270. The summed E-state index contributed by atoms with van der Waals surface area (Å²) in [7, 11) is -2.26. The molecule has 0 aromatic heterocycles. The fraction of sp³-hybridized carbons (Fsp3) is 0.769. The van der Waals surface area contributed by atoms with Gasteiger partial charge in [0.05, 0.1) is 18.3 Å². The van der Waals surface area contributed by atoms with Crippen molar-refractivity contribution >= 4 is 16.0 Å². The average Bonchev–Trinajstić information content (AvgIpc) is 2.87. The fourth-order valence-electron chi connectivity index (χ4n) is 2.45. The number of terminal acetylenes is 1. The molecule has 0 aromatic rings. The second-order valence-corrected chi connectivity index (χ2v) is 6.71. The summed E-state index contributed by atoms with van der Waals surface area (Å²) in [5.41, 5.74) is 0. The largest absolute Gasteiger partial charge is 0.469 e. The van der Waals surface area contributed by atoms with Crippen molar-refractivity contribution < 1.29 is 17.9 Å². The molecule has 19 heavy (non-hydrogen) atoms. The lowest BCUT2D eigenvalue weighted by atomic mass is 10.1. The summed E-state index contributed by atoms with van der Waals surface area (Å²) in [4.78, 5) is 11.6. The zero-order chi connectivity index (χ0) is 14.5. The van der Waals surface area contributed by atoms with E-state index in [2.05, 4.69) is 15.4 Å². The first kappa shape index (κ1) is 16.0. The summed E-state index contributed by atoms with van der Waals surface area (Å²) in [6.45, 7) is 1.87. The van der Waals surface area contributed by atoms with Crippen molar-refractivity contribution in [2.45, 2.75) is 50.3 Å². The molecule has 1 rings (SSSR count). The molecule has 0 radical (unpaired) electrons. The number of carbonyl (C=O) groups is 1. The minimum Gasteiger partial charge on any atom is -0.469 e. The van der Waals surface area contributed by atoms with Gasteiger partial charge in [0.25, 0.3) is 0 Å². The summed E-state index contributed by atoms with van der Waals surface area (Å²) >= 11 is 0. The predicted octanol–water partition coefficient (Wildman–Crippen LogP) is 1.05. The fourth-order valence-corrected chi connectivity index (χ4v) is 4.50. The van der Waals surface area contributed by atoms with Crippen molar-refractivity contribution in [2.24, 2.45) is 5.92 Å². The highest BCUT2D eigenvalue weighted by atomic mass is 32.2. The van der Waals surface area contributed by atoms with Crippen LogP contribution in [0.4, 0.5) is 0 Å². The van der Waals surface area contributed by atoms with Gasteiger partial charge < -0.3 is 4.74 Å². The molecule has 0 heterocycles. The maximum atomic E-state index is 12.3. The molecule has 6 heteroatoms. The SMILES string of the molecule is C#CCC(CC)NS(=O)(=O)C1CCCC1C(=O)OC. The highest BCUT2D eigenvalue weighted by Gasteiger charge is 2.42. The number of methoxy groups -OCH3 is 1. The van der Waals surface area contributed by atoms with E-state index >= 15 is 0 Å². The van der Waals surface area contributed by atoms with Crippen LogP contribution >= 0.6 is 0 Å². The van der Waals surface area contributed by atoms with Crippen molar-refractivity contribution in [2.75, 3.05) is 7.11 Å². The molecule has 1 fully saturated rings. The molecular formula is C13H21NO4S. The molecule has 1 aliphatic rings. The first-order valence-corrected chi connectivity index (χ1v) is 8.03. The van der Waals surface area contributed by atoms with Crippen LogP contribution in [0.25, 0.3) is 0 Å². The third-order valence-corrected chi connectivity index (χ3v) is 5.57. The molecule has 0 bridgehead atoms. The molecule has 0 spiro atoms. The van der Waals surface area contributed by atoms with E-state index in [1.807, 2.05) is 6.92 Å². The third-order valence-electron chi connectivity index (χ3n) is 3.54. The molecule has 3 unspecified atom stereocenters. The second-order valence-electron chi connectivity index (χ2n) is 4.78. The van der Waals surface area contributed by atoms with Gasteiger partial charge in [0.2, 0.25) is 10.0 Å². The third kappa shape index (κ3) is 3.95. The number of nitrogens with one attached hydrogen (secondary N) is 1. The lowest BCUT2D eigenvalue weighted by molar-refractivity contribution is -0.145. The van der Waals surface area contributed by atoms with Gasteiger partial charge in [-0.05, 0) is 19.3 Å². The number of carbonyl (C=O) groups excluding carboxylic acids is 1. The van der Waals surface area contributed by atoms with E-state index in [1.54, 1.807) is 0 Å². The lowest BCUT2D eigenvalue weighted by Crippen LogP contribution is -2.43. The number of esters is 1. The van der Waals surface area contributed by atoms with Gasteiger partial charge in [0.1, 0.15) is 0 Å². The zero-order valence-corrected chi connectivity index (χ0v) is 12.2. The Kier molecular flexibility index (Phi) is 5.83. The van der Waals surface area contributed by atoms with E-state index < -0.39 is 27.2 Å². The Morgan fingerprint density at radius 1 is 1.53 bits per heavy atom. The van der Waals surface area contributed by atoms with Crippen LogP contribution in [-0.4, -0.2) is 32.8 Å². The summed E-state index contributed by atoms with van der Waals surface area (Å²) in [5, 5.41) is -0.702. The Balaban J connectivity index is 2.81. The number of rotatable bonds is 6. The number of sulfonamides is 1. The molecule has 1 aliphatic carbocycles. The van der Waals surface area contributed by atoms with E-state index in [4.69, 9.17) is 6.42 Å². The Bertz CT molecular complexity index is 452. The highest BCUT2D eigenvalue weighted by molar-refractivity contribution is 7.90. The van der Waals surface area contributed by atoms with E-state index in [1.165, 1.54) is 7.11 Å². The van der Waals surface area contributed by atoms with Crippen LogP contribution in [0.2, 0.25) is 0 Å². The average molecular weight is 287 g/mol. The number of ether oxygens (including phenoxy) is 1. The molecule has 108 valence electrons. The van der Waals surface area contributed by atoms with Gasteiger partial charge in [-0.25, -0.2) is 13.1 Å². The lowest BCUT2D eigenvalue weighted by Gasteiger charge is -2.22. The highest BCUT2D eigenvalue weighted by Crippen LogP contribution is 2.31. The van der Waals surface area contributed by atoms with E-state index in [0.717, 1.165) is 6.42 Å². The van der Waals surface area contributed by atoms with Gasteiger partial charge in [0, 0.05) is 12.5 Å². The quantitative estimate of drug-likeness (QED) is 0.585. The van der Waals surface area contributed by atoms with Gasteiger partial charge in [-0.3, -0.25) is 4.79 Å². The van der Waals surface area contributed by atoms with Crippen molar-refractivity contribution in [3.8, 4) is 12.3 Å².